The van der Waals surface area contributed by atoms with Crippen LogP contribution in [0.2, 0.25) is 0 Å². The number of carbonyl (C=O) groups is 1. The first kappa shape index (κ1) is 19.4. The zero-order chi connectivity index (χ0) is 18.2. The van der Waals surface area contributed by atoms with Crippen LogP contribution < -0.4 is 0 Å². The van der Waals surface area contributed by atoms with Crippen LogP contribution in [0, 0.1) is 5.41 Å². The highest BCUT2D eigenvalue weighted by atomic mass is 16.5. The van der Waals surface area contributed by atoms with Crippen molar-refractivity contribution >= 4 is 11.9 Å². The molecule has 2 atom stereocenters. The van der Waals surface area contributed by atoms with E-state index in [1.807, 2.05) is 32.0 Å². The van der Waals surface area contributed by atoms with Crippen LogP contribution in [0.5, 0.6) is 0 Å². The van der Waals surface area contributed by atoms with E-state index in [2.05, 4.69) is 24.1 Å². The molecule has 1 N–H and O–H groups in total. The molecule has 1 aromatic carbocycles. The van der Waals surface area contributed by atoms with Gasteiger partial charge >= 0.3 is 5.97 Å². The van der Waals surface area contributed by atoms with E-state index in [0.29, 0.717) is 0 Å². The highest BCUT2D eigenvalue weighted by Crippen LogP contribution is 2.26. The first-order valence-electron chi connectivity index (χ1n) is 9.13. The molecule has 1 fully saturated rings. The Kier molecular flexibility index (Phi) is 7.44. The molecule has 138 valence electrons. The summed E-state index contributed by atoms with van der Waals surface area (Å²) in [6.07, 6.45) is 3.85. The van der Waals surface area contributed by atoms with Crippen molar-refractivity contribution in [1.29, 1.82) is 5.41 Å². The van der Waals surface area contributed by atoms with Gasteiger partial charge in [-0.15, -0.1) is 0 Å². The van der Waals surface area contributed by atoms with Gasteiger partial charge in [-0.05, 0) is 45.7 Å². The van der Waals surface area contributed by atoms with Crippen molar-refractivity contribution in [3.63, 3.8) is 0 Å². The Balaban J connectivity index is 1.90. The van der Waals surface area contributed by atoms with E-state index in [1.54, 1.807) is 0 Å². The third kappa shape index (κ3) is 6.50. The number of ether oxygens (including phenoxy) is 2. The Hall–Kier alpha value is -1.88. The minimum absolute atomic E-state index is 0.0231. The third-order valence-corrected chi connectivity index (χ3v) is 4.47. The summed E-state index contributed by atoms with van der Waals surface area (Å²) in [5, 5.41) is 7.72. The molecule has 1 saturated carbocycles. The Labute approximate surface area is 150 Å². The van der Waals surface area contributed by atoms with E-state index in [0.717, 1.165) is 32.2 Å². The minimum Gasteiger partial charge on any atom is -0.478 e. The summed E-state index contributed by atoms with van der Waals surface area (Å²) in [6, 6.07) is 10.6. The minimum atomic E-state index is -0.365. The second kappa shape index (κ2) is 9.56. The molecule has 5 heteroatoms. The van der Waals surface area contributed by atoms with Gasteiger partial charge in [0.25, 0.3) is 0 Å². The summed E-state index contributed by atoms with van der Waals surface area (Å²) in [4.78, 5) is 14.4. The maximum atomic E-state index is 12.2. The van der Waals surface area contributed by atoms with Crippen molar-refractivity contribution < 1.29 is 14.3 Å². The summed E-state index contributed by atoms with van der Waals surface area (Å²) >= 11 is 0. The zero-order valence-corrected chi connectivity index (χ0v) is 15.5. The van der Waals surface area contributed by atoms with Crippen LogP contribution in [0.25, 0.3) is 0 Å². The molecule has 1 aliphatic carbocycles. The molecule has 0 amide bonds. The van der Waals surface area contributed by atoms with Crippen LogP contribution in [0.3, 0.4) is 0 Å². The maximum absolute atomic E-state index is 12.2. The van der Waals surface area contributed by atoms with Gasteiger partial charge in [-0.2, -0.15) is 0 Å². The van der Waals surface area contributed by atoms with E-state index in [-0.39, 0.29) is 36.5 Å². The number of benzene rings is 1. The summed E-state index contributed by atoms with van der Waals surface area (Å²) in [5.41, 5.74) is 1.26. The normalized spacial score (nSPS) is 20.5. The molecule has 5 nitrogen and oxygen atoms in total. The number of nitrogens with one attached hydrogen (secondary N) is 1. The first-order chi connectivity index (χ1) is 12.0. The van der Waals surface area contributed by atoms with Gasteiger partial charge in [-0.1, -0.05) is 36.8 Å². The van der Waals surface area contributed by atoms with Gasteiger partial charge in [0, 0.05) is 12.6 Å². The standard InChI is InChI=1S/C20H30N2O3/c1-15(2)24-19(21)13-20(23)25-18-12-8-7-11-17(18)22(3)14-16-9-5-4-6-10-16/h4-6,9-10,15,17-18,21H,7-8,11-14H2,1-3H3. The molecule has 0 saturated heterocycles. The van der Waals surface area contributed by atoms with Gasteiger partial charge in [0.05, 0.1) is 6.10 Å². The summed E-state index contributed by atoms with van der Waals surface area (Å²) < 4.78 is 10.9. The maximum Gasteiger partial charge on any atom is 0.315 e. The molecule has 25 heavy (non-hydrogen) atoms. The lowest BCUT2D eigenvalue weighted by Crippen LogP contribution is -2.45. The molecular formula is C20H30N2O3. The van der Waals surface area contributed by atoms with Crippen molar-refractivity contribution in [2.75, 3.05) is 7.05 Å². The fourth-order valence-corrected chi connectivity index (χ4v) is 3.38. The topological polar surface area (TPSA) is 62.6 Å². The third-order valence-electron chi connectivity index (χ3n) is 4.47. The number of likely N-dealkylation sites (N-methyl/N-ethyl adjacent to an activating group) is 1. The van der Waals surface area contributed by atoms with Gasteiger partial charge in [0.2, 0.25) is 0 Å². The van der Waals surface area contributed by atoms with E-state index < -0.39 is 0 Å². The SMILES string of the molecule is CC(C)OC(=N)CC(=O)OC1CCCCC1N(C)Cc1ccccc1. The highest BCUT2D eigenvalue weighted by molar-refractivity contribution is 5.92. The van der Waals surface area contributed by atoms with E-state index in [1.165, 1.54) is 5.56 Å². The van der Waals surface area contributed by atoms with Crippen LogP contribution in [0.4, 0.5) is 0 Å². The van der Waals surface area contributed by atoms with Gasteiger partial charge < -0.3 is 9.47 Å². The largest absolute Gasteiger partial charge is 0.478 e. The summed E-state index contributed by atoms with van der Waals surface area (Å²) in [5.74, 6) is -0.388. The average Bonchev–Trinajstić information content (AvgIpc) is 2.55. The molecule has 1 aliphatic rings. The van der Waals surface area contributed by atoms with Gasteiger partial charge in [-0.3, -0.25) is 15.1 Å². The monoisotopic (exact) mass is 346 g/mol. The van der Waals surface area contributed by atoms with Crippen LogP contribution in [-0.4, -0.2) is 42.1 Å². The lowest BCUT2D eigenvalue weighted by molar-refractivity contribution is -0.153. The molecule has 0 bridgehead atoms. The van der Waals surface area contributed by atoms with E-state index in [4.69, 9.17) is 14.9 Å². The molecule has 0 spiro atoms. The van der Waals surface area contributed by atoms with Crippen molar-refractivity contribution in [2.24, 2.45) is 0 Å². The quantitative estimate of drug-likeness (QED) is 0.464. The van der Waals surface area contributed by atoms with E-state index >= 15 is 0 Å². The van der Waals surface area contributed by atoms with Crippen LogP contribution >= 0.6 is 0 Å². The number of hydrogen-bond acceptors (Lipinski definition) is 5. The van der Waals surface area contributed by atoms with Crippen LogP contribution in [0.1, 0.15) is 51.5 Å². The number of hydrogen-bond donors (Lipinski definition) is 1. The number of carbonyl (C=O) groups excluding carboxylic acids is 1. The molecule has 0 radical (unpaired) electrons. The van der Waals surface area contributed by atoms with E-state index in [9.17, 15) is 4.79 Å². The Bertz CT molecular complexity index is 559. The van der Waals surface area contributed by atoms with Gasteiger partial charge in [0.1, 0.15) is 12.5 Å². The van der Waals surface area contributed by atoms with Crippen molar-refractivity contribution in [3.8, 4) is 0 Å². The molecule has 2 unspecified atom stereocenters. The Morgan fingerprint density at radius 3 is 2.60 bits per heavy atom. The second-order valence-electron chi connectivity index (χ2n) is 7.05. The number of rotatable bonds is 7. The fraction of sp³-hybridized carbons (Fsp3) is 0.600. The molecule has 0 aromatic heterocycles. The molecule has 1 aromatic rings. The van der Waals surface area contributed by atoms with Gasteiger partial charge in [-0.25, -0.2) is 0 Å². The summed E-state index contributed by atoms with van der Waals surface area (Å²) in [6.45, 7) is 4.52. The molecule has 0 heterocycles. The predicted molar refractivity (Wildman–Crippen MR) is 98.6 cm³/mol. The second-order valence-corrected chi connectivity index (χ2v) is 7.05. The van der Waals surface area contributed by atoms with Gasteiger partial charge in [0.15, 0.2) is 5.90 Å². The smallest absolute Gasteiger partial charge is 0.315 e. The number of nitrogens with zero attached hydrogens (tertiary/aromatic N) is 1. The van der Waals surface area contributed by atoms with Crippen molar-refractivity contribution in [2.45, 2.75) is 70.7 Å². The summed E-state index contributed by atoms with van der Waals surface area (Å²) in [7, 11) is 2.09. The zero-order valence-electron chi connectivity index (χ0n) is 15.5. The molecule has 2 rings (SSSR count). The number of esters is 1. The predicted octanol–water partition coefficient (Wildman–Crippen LogP) is 3.77. The lowest BCUT2D eigenvalue weighted by atomic mass is 9.91. The first-order valence-corrected chi connectivity index (χ1v) is 9.13. The molecule has 0 aliphatic heterocycles. The Morgan fingerprint density at radius 2 is 1.92 bits per heavy atom. The highest BCUT2D eigenvalue weighted by Gasteiger charge is 2.31. The van der Waals surface area contributed by atoms with Crippen LogP contribution in [0.15, 0.2) is 30.3 Å². The fourth-order valence-electron chi connectivity index (χ4n) is 3.38. The molecular weight excluding hydrogens is 316 g/mol. The van der Waals surface area contributed by atoms with Crippen molar-refractivity contribution in [3.05, 3.63) is 35.9 Å². The lowest BCUT2D eigenvalue weighted by Gasteiger charge is -2.37. The van der Waals surface area contributed by atoms with Crippen LogP contribution in [-0.2, 0) is 20.8 Å². The average molecular weight is 346 g/mol. The van der Waals surface area contributed by atoms with Crippen molar-refractivity contribution in [1.82, 2.24) is 4.90 Å². The Morgan fingerprint density at radius 1 is 1.24 bits per heavy atom.